The van der Waals surface area contributed by atoms with E-state index in [9.17, 15) is 4.79 Å². The summed E-state index contributed by atoms with van der Waals surface area (Å²) in [6.07, 6.45) is 6.47. The molecule has 0 radical (unpaired) electrons. The second-order valence-corrected chi connectivity index (χ2v) is 6.71. The first-order valence-electron chi connectivity index (χ1n) is 8.00. The minimum Gasteiger partial charge on any atom is -0.494 e. The first-order chi connectivity index (χ1) is 11.2. The summed E-state index contributed by atoms with van der Waals surface area (Å²) in [5.41, 5.74) is 0.940. The zero-order valence-corrected chi connectivity index (χ0v) is 14.4. The highest BCUT2D eigenvalue weighted by Gasteiger charge is 2.25. The monoisotopic (exact) mass is 333 g/mol. The molecular formula is C17H23N3O2S. The maximum absolute atomic E-state index is 11.3. The Kier molecular flexibility index (Phi) is 7.13. The Balaban J connectivity index is 1.77. The van der Waals surface area contributed by atoms with Crippen LogP contribution in [0.3, 0.4) is 0 Å². The average molecular weight is 333 g/mol. The minimum absolute atomic E-state index is 0.0237. The highest BCUT2D eigenvalue weighted by atomic mass is 32.2. The first-order valence-corrected chi connectivity index (χ1v) is 8.88. The summed E-state index contributed by atoms with van der Waals surface area (Å²) in [6, 6.07) is 7.74. The fourth-order valence-electron chi connectivity index (χ4n) is 2.02. The average Bonchev–Trinajstić information content (AvgIpc) is 2.87. The van der Waals surface area contributed by atoms with Crippen LogP contribution in [-0.2, 0) is 4.79 Å². The maximum atomic E-state index is 11.3. The third kappa shape index (κ3) is 6.06. The molecule has 6 heteroatoms. The summed E-state index contributed by atoms with van der Waals surface area (Å²) >= 11 is 1.38. The summed E-state index contributed by atoms with van der Waals surface area (Å²) in [7, 11) is 0. The molecule has 1 fully saturated rings. The summed E-state index contributed by atoms with van der Waals surface area (Å²) in [4.78, 5) is 11.3. The number of rotatable bonds is 8. The van der Waals surface area contributed by atoms with Gasteiger partial charge >= 0.3 is 0 Å². The number of hydrogen-bond donors (Lipinski definition) is 1. The minimum atomic E-state index is -0.0993. The molecule has 1 aromatic carbocycles. The van der Waals surface area contributed by atoms with Gasteiger partial charge in [-0.15, -0.1) is 5.10 Å². The number of carbonyl (C=O) groups excluding carboxylic acids is 1. The van der Waals surface area contributed by atoms with E-state index in [1.165, 1.54) is 31.0 Å². The van der Waals surface area contributed by atoms with Gasteiger partial charge in [-0.2, -0.15) is 5.10 Å². The molecule has 0 unspecified atom stereocenters. The number of thioether (sulfide) groups is 1. The zero-order valence-electron chi connectivity index (χ0n) is 13.6. The highest BCUT2D eigenvalue weighted by molar-refractivity contribution is 8.15. The van der Waals surface area contributed by atoms with Crippen molar-refractivity contribution in [3.05, 3.63) is 29.8 Å². The van der Waals surface area contributed by atoms with Crippen molar-refractivity contribution in [3.63, 3.8) is 0 Å². The van der Waals surface area contributed by atoms with Gasteiger partial charge in [0, 0.05) is 0 Å². The lowest BCUT2D eigenvalue weighted by Crippen LogP contribution is -2.23. The van der Waals surface area contributed by atoms with Crippen molar-refractivity contribution >= 4 is 29.1 Å². The van der Waals surface area contributed by atoms with Gasteiger partial charge in [0.2, 0.25) is 5.91 Å². The molecule has 1 heterocycles. The van der Waals surface area contributed by atoms with E-state index >= 15 is 0 Å². The Hall–Kier alpha value is -1.82. The second-order valence-electron chi connectivity index (χ2n) is 5.38. The Morgan fingerprint density at radius 3 is 2.70 bits per heavy atom. The number of amidine groups is 1. The van der Waals surface area contributed by atoms with Crippen molar-refractivity contribution in [1.29, 1.82) is 0 Å². The van der Waals surface area contributed by atoms with Crippen LogP contribution in [-0.4, -0.2) is 29.1 Å². The van der Waals surface area contributed by atoms with E-state index in [0.717, 1.165) is 24.3 Å². The van der Waals surface area contributed by atoms with Crippen LogP contribution in [0.5, 0.6) is 5.75 Å². The Labute approximate surface area is 141 Å². The van der Waals surface area contributed by atoms with E-state index in [1.807, 2.05) is 31.2 Å². The summed E-state index contributed by atoms with van der Waals surface area (Å²) in [5, 5.41) is 11.1. The zero-order chi connectivity index (χ0) is 16.5. The number of hydrogen-bond acceptors (Lipinski definition) is 5. The highest BCUT2D eigenvalue weighted by Crippen LogP contribution is 2.18. The molecule has 1 aliphatic heterocycles. The number of carbonyl (C=O) groups is 1. The predicted molar refractivity (Wildman–Crippen MR) is 96.3 cm³/mol. The van der Waals surface area contributed by atoms with Crippen LogP contribution in [0, 0.1) is 0 Å². The second kappa shape index (κ2) is 9.35. The number of unbranched alkanes of at least 4 members (excludes halogenated alkanes) is 3. The quantitative estimate of drug-likeness (QED) is 0.449. The molecule has 0 bridgehead atoms. The van der Waals surface area contributed by atoms with Crippen molar-refractivity contribution in [3.8, 4) is 5.75 Å². The first kappa shape index (κ1) is 17.5. The van der Waals surface area contributed by atoms with Crippen LogP contribution in [0.25, 0.3) is 0 Å². The number of nitrogens with one attached hydrogen (secondary N) is 1. The number of ether oxygens (including phenoxy) is 1. The van der Waals surface area contributed by atoms with Gasteiger partial charge < -0.3 is 10.1 Å². The smallest absolute Gasteiger partial charge is 0.239 e. The third-order valence-corrected chi connectivity index (χ3v) is 4.36. The Morgan fingerprint density at radius 1 is 1.26 bits per heavy atom. The van der Waals surface area contributed by atoms with Crippen LogP contribution < -0.4 is 10.1 Å². The maximum Gasteiger partial charge on any atom is 0.239 e. The lowest BCUT2D eigenvalue weighted by Gasteiger charge is -2.05. The van der Waals surface area contributed by atoms with Crippen molar-refractivity contribution in [2.45, 2.75) is 44.8 Å². The molecule has 0 saturated carbocycles. The van der Waals surface area contributed by atoms with Gasteiger partial charge in [-0.1, -0.05) is 37.9 Å². The summed E-state index contributed by atoms with van der Waals surface area (Å²) in [6.45, 7) is 4.80. The molecular weight excluding hydrogens is 310 g/mol. The molecule has 0 spiro atoms. The normalized spacial score (nSPS) is 19.5. The van der Waals surface area contributed by atoms with E-state index in [1.54, 1.807) is 6.21 Å². The fourth-order valence-corrected chi connectivity index (χ4v) is 2.78. The number of amides is 1. The van der Waals surface area contributed by atoms with E-state index in [4.69, 9.17) is 4.74 Å². The molecule has 1 amide bonds. The van der Waals surface area contributed by atoms with Gasteiger partial charge in [-0.05, 0) is 43.2 Å². The topological polar surface area (TPSA) is 63.1 Å². The molecule has 1 atom stereocenters. The van der Waals surface area contributed by atoms with Gasteiger partial charge in [-0.3, -0.25) is 4.79 Å². The van der Waals surface area contributed by atoms with Crippen LogP contribution in [0.15, 0.2) is 34.5 Å². The largest absolute Gasteiger partial charge is 0.494 e. The molecule has 0 aliphatic carbocycles. The molecule has 0 aromatic heterocycles. The predicted octanol–water partition coefficient (Wildman–Crippen LogP) is 3.59. The van der Waals surface area contributed by atoms with Crippen LogP contribution in [0.1, 0.15) is 45.1 Å². The van der Waals surface area contributed by atoms with Crippen LogP contribution in [0.4, 0.5) is 0 Å². The van der Waals surface area contributed by atoms with E-state index < -0.39 is 0 Å². The Morgan fingerprint density at radius 2 is 2.04 bits per heavy atom. The molecule has 1 saturated heterocycles. The molecule has 124 valence electrons. The molecule has 1 N–H and O–H groups in total. The van der Waals surface area contributed by atoms with Gasteiger partial charge in [0.25, 0.3) is 0 Å². The Bertz CT molecular complexity index is 570. The van der Waals surface area contributed by atoms with Gasteiger partial charge in [0.1, 0.15) is 5.75 Å². The molecule has 5 nitrogen and oxygen atoms in total. The lowest BCUT2D eigenvalue weighted by atomic mass is 10.2. The van der Waals surface area contributed by atoms with Crippen molar-refractivity contribution in [2.75, 3.05) is 6.61 Å². The van der Waals surface area contributed by atoms with Gasteiger partial charge in [-0.25, -0.2) is 0 Å². The SMILES string of the molecule is CCCCCCOc1ccc(/C=N\N=C2/NC(=O)[C@@H](C)S2)cc1. The van der Waals surface area contributed by atoms with E-state index in [-0.39, 0.29) is 11.2 Å². The van der Waals surface area contributed by atoms with Gasteiger partial charge in [0.15, 0.2) is 5.17 Å². The van der Waals surface area contributed by atoms with Crippen molar-refractivity contribution in [1.82, 2.24) is 5.32 Å². The molecule has 1 aliphatic rings. The van der Waals surface area contributed by atoms with E-state index in [0.29, 0.717) is 5.17 Å². The summed E-state index contributed by atoms with van der Waals surface area (Å²) < 4.78 is 5.69. The standard InChI is InChI=1S/C17H23N3O2S/c1-3-4-5-6-11-22-15-9-7-14(8-10-15)12-18-20-17-19-16(21)13(2)23-17/h7-10,12-13H,3-6,11H2,1-2H3,(H,19,20,21)/b18-12-/t13-/m1/s1. The third-order valence-electron chi connectivity index (χ3n) is 3.39. The van der Waals surface area contributed by atoms with E-state index in [2.05, 4.69) is 22.4 Å². The summed E-state index contributed by atoms with van der Waals surface area (Å²) in [5.74, 6) is 0.849. The van der Waals surface area contributed by atoms with Crippen molar-refractivity contribution in [2.24, 2.45) is 10.2 Å². The molecule has 23 heavy (non-hydrogen) atoms. The number of nitrogens with zero attached hydrogens (tertiary/aromatic N) is 2. The molecule has 2 rings (SSSR count). The van der Waals surface area contributed by atoms with Crippen LogP contribution >= 0.6 is 11.8 Å². The van der Waals surface area contributed by atoms with Crippen LogP contribution in [0.2, 0.25) is 0 Å². The lowest BCUT2D eigenvalue weighted by molar-refractivity contribution is -0.118. The number of benzene rings is 1. The van der Waals surface area contributed by atoms with Gasteiger partial charge in [0.05, 0.1) is 18.1 Å². The molecule has 1 aromatic rings. The van der Waals surface area contributed by atoms with Crippen molar-refractivity contribution < 1.29 is 9.53 Å². The fraction of sp³-hybridized carbons (Fsp3) is 0.471.